The fourth-order valence-corrected chi connectivity index (χ4v) is 2.25. The zero-order valence-corrected chi connectivity index (χ0v) is 11.9. The summed E-state index contributed by atoms with van der Waals surface area (Å²) in [4.78, 5) is 7.72. The van der Waals surface area contributed by atoms with Crippen LogP contribution < -0.4 is 4.74 Å². The quantitative estimate of drug-likeness (QED) is 0.642. The maximum Gasteiger partial charge on any atom is 0.248 e. The number of methoxy groups -OCH3 is 1. The van der Waals surface area contributed by atoms with E-state index in [1.165, 1.54) is 6.07 Å². The van der Waals surface area contributed by atoms with Crippen molar-refractivity contribution < 1.29 is 13.2 Å². The summed E-state index contributed by atoms with van der Waals surface area (Å²) in [6.07, 6.45) is 1.04. The Labute approximate surface area is 116 Å². The molecular formula is C12H11ClN2O3S. The number of aromatic nitrogens is 2. The smallest absolute Gasteiger partial charge is 0.248 e. The van der Waals surface area contributed by atoms with Crippen molar-refractivity contribution in [1.82, 2.24) is 9.97 Å². The molecule has 0 bridgehead atoms. The van der Waals surface area contributed by atoms with Gasteiger partial charge in [-0.1, -0.05) is 23.7 Å². The highest BCUT2D eigenvalue weighted by molar-refractivity contribution is 7.90. The summed E-state index contributed by atoms with van der Waals surface area (Å²) >= 11 is 5.83. The summed E-state index contributed by atoms with van der Waals surface area (Å²) in [5.41, 5.74) is 1.13. The van der Waals surface area contributed by atoms with E-state index < -0.39 is 9.84 Å². The first-order valence-corrected chi connectivity index (χ1v) is 7.56. The molecule has 19 heavy (non-hydrogen) atoms. The fraction of sp³-hybridized carbons (Fsp3) is 0.167. The molecule has 1 aromatic heterocycles. The first-order chi connectivity index (χ1) is 8.90. The van der Waals surface area contributed by atoms with E-state index in [2.05, 4.69) is 9.97 Å². The summed E-state index contributed by atoms with van der Waals surface area (Å²) < 4.78 is 28.1. The van der Waals surface area contributed by atoms with Gasteiger partial charge in [-0.15, -0.1) is 0 Å². The molecule has 0 spiro atoms. The number of benzene rings is 1. The Morgan fingerprint density at radius 3 is 2.58 bits per heavy atom. The zero-order valence-electron chi connectivity index (χ0n) is 10.3. The van der Waals surface area contributed by atoms with Gasteiger partial charge in [-0.2, -0.15) is 0 Å². The number of hydrogen-bond acceptors (Lipinski definition) is 5. The van der Waals surface area contributed by atoms with E-state index in [1.54, 1.807) is 31.4 Å². The molecule has 0 radical (unpaired) electrons. The molecular weight excluding hydrogens is 288 g/mol. The molecule has 0 aliphatic carbocycles. The topological polar surface area (TPSA) is 69.2 Å². The molecule has 100 valence electrons. The lowest BCUT2D eigenvalue weighted by molar-refractivity contribution is 0.415. The van der Waals surface area contributed by atoms with Crippen molar-refractivity contribution in [2.75, 3.05) is 13.4 Å². The van der Waals surface area contributed by atoms with E-state index in [0.29, 0.717) is 17.0 Å². The minimum absolute atomic E-state index is 0.0771. The number of rotatable bonds is 3. The molecule has 0 unspecified atom stereocenters. The molecule has 2 aromatic rings. The van der Waals surface area contributed by atoms with Crippen LogP contribution in [-0.4, -0.2) is 31.8 Å². The minimum atomic E-state index is -3.51. The molecule has 0 aliphatic rings. The van der Waals surface area contributed by atoms with Gasteiger partial charge in [0, 0.05) is 17.9 Å². The molecule has 0 atom stereocenters. The second-order valence-corrected chi connectivity index (χ2v) is 6.16. The van der Waals surface area contributed by atoms with E-state index >= 15 is 0 Å². The SMILES string of the molecule is COc1cccc(-c2cc(Cl)nc(S(C)(=O)=O)n2)c1. The highest BCUT2D eigenvalue weighted by Crippen LogP contribution is 2.24. The van der Waals surface area contributed by atoms with Crippen LogP contribution in [-0.2, 0) is 9.84 Å². The Morgan fingerprint density at radius 2 is 1.95 bits per heavy atom. The van der Waals surface area contributed by atoms with Crippen LogP contribution >= 0.6 is 11.6 Å². The molecule has 7 heteroatoms. The summed E-state index contributed by atoms with van der Waals surface area (Å²) in [5.74, 6) is 0.646. The van der Waals surface area contributed by atoms with Gasteiger partial charge in [0.15, 0.2) is 0 Å². The predicted molar refractivity (Wildman–Crippen MR) is 72.1 cm³/mol. The van der Waals surface area contributed by atoms with Crippen LogP contribution in [0.25, 0.3) is 11.3 Å². The van der Waals surface area contributed by atoms with E-state index in [0.717, 1.165) is 6.26 Å². The normalized spacial score (nSPS) is 11.3. The Balaban J connectivity index is 2.59. The Bertz CT molecular complexity index is 717. The molecule has 1 aromatic carbocycles. The molecule has 0 aliphatic heterocycles. The minimum Gasteiger partial charge on any atom is -0.497 e. The number of nitrogens with zero attached hydrogens (tertiary/aromatic N) is 2. The lowest BCUT2D eigenvalue weighted by atomic mass is 10.1. The van der Waals surface area contributed by atoms with E-state index in [1.807, 2.05) is 0 Å². The molecule has 0 amide bonds. The van der Waals surface area contributed by atoms with Crippen molar-refractivity contribution in [3.8, 4) is 17.0 Å². The van der Waals surface area contributed by atoms with Crippen molar-refractivity contribution in [2.45, 2.75) is 5.16 Å². The second kappa shape index (κ2) is 5.14. The van der Waals surface area contributed by atoms with Crippen molar-refractivity contribution in [1.29, 1.82) is 0 Å². The number of sulfone groups is 1. The lowest BCUT2D eigenvalue weighted by Gasteiger charge is -2.06. The van der Waals surface area contributed by atoms with Crippen LogP contribution in [0.3, 0.4) is 0 Å². The van der Waals surface area contributed by atoms with E-state index in [9.17, 15) is 8.42 Å². The first kappa shape index (κ1) is 13.8. The number of hydrogen-bond donors (Lipinski definition) is 0. The summed E-state index contributed by atoms with van der Waals surface area (Å²) in [7, 11) is -1.96. The average Bonchev–Trinajstić information content (AvgIpc) is 2.37. The monoisotopic (exact) mass is 298 g/mol. The maximum absolute atomic E-state index is 11.5. The lowest BCUT2D eigenvalue weighted by Crippen LogP contribution is -2.05. The molecule has 0 fully saturated rings. The Kier molecular flexibility index (Phi) is 3.73. The maximum atomic E-state index is 11.5. The summed E-state index contributed by atoms with van der Waals surface area (Å²) in [6, 6.07) is 8.59. The summed E-state index contributed by atoms with van der Waals surface area (Å²) in [5, 5.41) is -0.217. The van der Waals surface area contributed by atoms with Gasteiger partial charge in [-0.25, -0.2) is 18.4 Å². The third-order valence-corrected chi connectivity index (χ3v) is 3.41. The van der Waals surface area contributed by atoms with Crippen LogP contribution in [0.4, 0.5) is 0 Å². The van der Waals surface area contributed by atoms with Crippen molar-refractivity contribution in [3.05, 3.63) is 35.5 Å². The van der Waals surface area contributed by atoms with Crippen molar-refractivity contribution >= 4 is 21.4 Å². The third-order valence-electron chi connectivity index (χ3n) is 2.37. The van der Waals surface area contributed by atoms with E-state index in [4.69, 9.17) is 16.3 Å². The van der Waals surface area contributed by atoms with Gasteiger partial charge in [0.1, 0.15) is 10.9 Å². The summed E-state index contributed by atoms with van der Waals surface area (Å²) in [6.45, 7) is 0. The van der Waals surface area contributed by atoms with Gasteiger partial charge in [0.05, 0.1) is 12.8 Å². The molecule has 0 saturated heterocycles. The predicted octanol–water partition coefficient (Wildman–Crippen LogP) is 2.21. The largest absolute Gasteiger partial charge is 0.497 e. The van der Waals surface area contributed by atoms with Crippen LogP contribution in [0.1, 0.15) is 0 Å². The zero-order chi connectivity index (χ0) is 14.0. The Morgan fingerprint density at radius 1 is 1.21 bits per heavy atom. The van der Waals surface area contributed by atoms with Gasteiger partial charge in [0.25, 0.3) is 0 Å². The van der Waals surface area contributed by atoms with Gasteiger partial charge < -0.3 is 4.74 Å². The van der Waals surface area contributed by atoms with Crippen LogP contribution in [0.15, 0.2) is 35.5 Å². The molecule has 0 N–H and O–H groups in total. The van der Waals surface area contributed by atoms with Crippen LogP contribution in [0.5, 0.6) is 5.75 Å². The van der Waals surface area contributed by atoms with Gasteiger partial charge in [0.2, 0.25) is 15.0 Å². The highest BCUT2D eigenvalue weighted by atomic mass is 35.5. The molecule has 0 saturated carbocycles. The van der Waals surface area contributed by atoms with Crippen LogP contribution in [0.2, 0.25) is 5.15 Å². The average molecular weight is 299 g/mol. The van der Waals surface area contributed by atoms with Crippen molar-refractivity contribution in [3.63, 3.8) is 0 Å². The van der Waals surface area contributed by atoms with Crippen LogP contribution in [0, 0.1) is 0 Å². The molecule has 1 heterocycles. The van der Waals surface area contributed by atoms with Gasteiger partial charge in [-0.3, -0.25) is 0 Å². The highest BCUT2D eigenvalue weighted by Gasteiger charge is 2.14. The number of ether oxygens (including phenoxy) is 1. The van der Waals surface area contributed by atoms with E-state index in [-0.39, 0.29) is 10.3 Å². The van der Waals surface area contributed by atoms with Gasteiger partial charge >= 0.3 is 0 Å². The van der Waals surface area contributed by atoms with Crippen molar-refractivity contribution in [2.24, 2.45) is 0 Å². The molecule has 2 rings (SSSR count). The van der Waals surface area contributed by atoms with Gasteiger partial charge in [-0.05, 0) is 12.1 Å². The second-order valence-electron chi connectivity index (χ2n) is 3.86. The Hall–Kier alpha value is -1.66. The standard InChI is InChI=1S/C12H11ClN2O3S/c1-18-9-5-3-4-8(6-9)10-7-11(13)15-12(14-10)19(2,16)17/h3-7H,1-2H3. The fourth-order valence-electron chi connectivity index (χ4n) is 1.49. The third kappa shape index (κ3) is 3.21. The first-order valence-electron chi connectivity index (χ1n) is 5.29. The number of halogens is 1. The molecule has 5 nitrogen and oxygen atoms in total.